The summed E-state index contributed by atoms with van der Waals surface area (Å²) in [5, 5.41) is 7.66. The number of nitrogens with one attached hydrogen (secondary N) is 1. The summed E-state index contributed by atoms with van der Waals surface area (Å²) in [6, 6.07) is 27.0. The number of para-hydroxylation sites is 1. The number of nitrogens with zero attached hydrogens (tertiary/aromatic N) is 2. The smallest absolute Gasteiger partial charge is 0.259 e. The van der Waals surface area contributed by atoms with Crippen molar-refractivity contribution in [3.05, 3.63) is 102 Å². The maximum absolute atomic E-state index is 13.0. The molecule has 0 radical (unpaired) electrons. The minimum atomic E-state index is -0.193. The van der Waals surface area contributed by atoms with Crippen molar-refractivity contribution >= 4 is 11.6 Å². The van der Waals surface area contributed by atoms with Crippen LogP contribution in [0.4, 0.5) is 5.69 Å². The summed E-state index contributed by atoms with van der Waals surface area (Å²) < 4.78 is 7.04. The number of amides is 1. The van der Waals surface area contributed by atoms with E-state index >= 15 is 0 Å². The topological polar surface area (TPSA) is 56.2 Å². The Morgan fingerprint density at radius 2 is 1.59 bits per heavy atom. The van der Waals surface area contributed by atoms with Crippen LogP contribution >= 0.6 is 0 Å². The van der Waals surface area contributed by atoms with Gasteiger partial charge in [-0.2, -0.15) is 5.10 Å². The van der Waals surface area contributed by atoms with Crippen molar-refractivity contribution in [2.24, 2.45) is 0 Å². The number of methoxy groups -OCH3 is 1. The number of rotatable bonds is 6. The van der Waals surface area contributed by atoms with Crippen LogP contribution < -0.4 is 10.1 Å². The van der Waals surface area contributed by atoms with E-state index in [1.807, 2.05) is 84.9 Å². The van der Waals surface area contributed by atoms with Gasteiger partial charge in [0.1, 0.15) is 11.4 Å². The van der Waals surface area contributed by atoms with Crippen molar-refractivity contribution in [1.29, 1.82) is 0 Å². The highest BCUT2D eigenvalue weighted by Gasteiger charge is 2.18. The Balaban J connectivity index is 1.69. The minimum absolute atomic E-state index is 0.193. The Labute approximate surface area is 169 Å². The van der Waals surface area contributed by atoms with Crippen LogP contribution in [-0.2, 0) is 6.54 Å². The van der Waals surface area contributed by atoms with Crippen LogP contribution in [0.25, 0.3) is 11.3 Å². The molecule has 0 bridgehead atoms. The summed E-state index contributed by atoms with van der Waals surface area (Å²) in [7, 11) is 1.63. The fraction of sp³-hybridized carbons (Fsp3) is 0.0833. The average molecular weight is 383 g/mol. The zero-order chi connectivity index (χ0) is 20.1. The summed E-state index contributed by atoms with van der Waals surface area (Å²) in [5.41, 5.74) is 3.88. The molecule has 0 fully saturated rings. The first-order chi connectivity index (χ1) is 14.2. The molecular weight excluding hydrogens is 362 g/mol. The third-order valence-corrected chi connectivity index (χ3v) is 4.59. The fourth-order valence-electron chi connectivity index (χ4n) is 3.12. The van der Waals surface area contributed by atoms with E-state index in [0.717, 1.165) is 22.6 Å². The van der Waals surface area contributed by atoms with Gasteiger partial charge in [-0.25, -0.2) is 0 Å². The fourth-order valence-corrected chi connectivity index (χ4v) is 3.12. The van der Waals surface area contributed by atoms with E-state index in [1.54, 1.807) is 18.0 Å². The molecule has 1 heterocycles. The molecule has 0 unspecified atom stereocenters. The molecule has 29 heavy (non-hydrogen) atoms. The Bertz CT molecular complexity index is 1090. The molecule has 5 heteroatoms. The maximum Gasteiger partial charge on any atom is 0.259 e. The van der Waals surface area contributed by atoms with Crippen LogP contribution in [-0.4, -0.2) is 22.8 Å². The molecular formula is C24H21N3O2. The third-order valence-electron chi connectivity index (χ3n) is 4.59. The predicted molar refractivity (Wildman–Crippen MR) is 114 cm³/mol. The molecule has 4 rings (SSSR count). The molecule has 144 valence electrons. The van der Waals surface area contributed by atoms with E-state index in [2.05, 4.69) is 5.32 Å². The lowest BCUT2D eigenvalue weighted by Gasteiger charge is -2.06. The van der Waals surface area contributed by atoms with Gasteiger partial charge in [-0.1, -0.05) is 48.5 Å². The SMILES string of the molecule is COc1ccc(-c2nn(Cc3ccccc3)cc2C(=O)Nc2ccccc2)cc1. The quantitative estimate of drug-likeness (QED) is 0.517. The van der Waals surface area contributed by atoms with Gasteiger partial charge in [-0.05, 0) is 42.0 Å². The first-order valence-corrected chi connectivity index (χ1v) is 9.35. The highest BCUT2D eigenvalue weighted by Crippen LogP contribution is 2.26. The van der Waals surface area contributed by atoms with Crippen molar-refractivity contribution in [2.45, 2.75) is 6.54 Å². The number of benzene rings is 3. The number of carbonyl (C=O) groups is 1. The number of carbonyl (C=O) groups excluding carboxylic acids is 1. The highest BCUT2D eigenvalue weighted by atomic mass is 16.5. The molecule has 1 aromatic heterocycles. The summed E-state index contributed by atoms with van der Waals surface area (Å²) in [5.74, 6) is 0.564. The summed E-state index contributed by atoms with van der Waals surface area (Å²) >= 11 is 0. The van der Waals surface area contributed by atoms with Crippen LogP contribution in [0, 0.1) is 0 Å². The third kappa shape index (κ3) is 4.35. The number of anilines is 1. The second kappa shape index (κ2) is 8.44. The number of hydrogen-bond acceptors (Lipinski definition) is 3. The summed E-state index contributed by atoms with van der Waals surface area (Å²) in [6.07, 6.45) is 1.80. The molecule has 5 nitrogen and oxygen atoms in total. The predicted octanol–water partition coefficient (Wildman–Crippen LogP) is 4.86. The molecule has 0 atom stereocenters. The average Bonchev–Trinajstić information content (AvgIpc) is 3.19. The zero-order valence-corrected chi connectivity index (χ0v) is 16.1. The van der Waals surface area contributed by atoms with E-state index in [-0.39, 0.29) is 5.91 Å². The summed E-state index contributed by atoms with van der Waals surface area (Å²) in [6.45, 7) is 0.586. The van der Waals surface area contributed by atoms with Crippen molar-refractivity contribution < 1.29 is 9.53 Å². The second-order valence-corrected chi connectivity index (χ2v) is 6.62. The van der Waals surface area contributed by atoms with Crippen LogP contribution in [0.15, 0.2) is 91.1 Å². The van der Waals surface area contributed by atoms with Crippen LogP contribution in [0.5, 0.6) is 5.75 Å². The van der Waals surface area contributed by atoms with Gasteiger partial charge in [0.15, 0.2) is 0 Å². The van der Waals surface area contributed by atoms with Gasteiger partial charge in [0.05, 0.1) is 19.2 Å². The molecule has 4 aromatic rings. The summed E-state index contributed by atoms with van der Waals surface area (Å²) in [4.78, 5) is 13.0. The Morgan fingerprint density at radius 3 is 2.24 bits per heavy atom. The van der Waals surface area contributed by atoms with Crippen molar-refractivity contribution in [3.8, 4) is 17.0 Å². The lowest BCUT2D eigenvalue weighted by molar-refractivity contribution is 0.102. The van der Waals surface area contributed by atoms with Gasteiger partial charge >= 0.3 is 0 Å². The molecule has 0 aliphatic carbocycles. The number of ether oxygens (including phenoxy) is 1. The van der Waals surface area contributed by atoms with E-state index in [4.69, 9.17) is 9.84 Å². The lowest BCUT2D eigenvalue weighted by atomic mass is 10.1. The van der Waals surface area contributed by atoms with Gasteiger partial charge in [0.25, 0.3) is 5.91 Å². The van der Waals surface area contributed by atoms with E-state index in [9.17, 15) is 4.79 Å². The minimum Gasteiger partial charge on any atom is -0.497 e. The van der Waals surface area contributed by atoms with Gasteiger partial charge in [0, 0.05) is 17.4 Å². The second-order valence-electron chi connectivity index (χ2n) is 6.62. The lowest BCUT2D eigenvalue weighted by Crippen LogP contribution is -2.12. The highest BCUT2D eigenvalue weighted by molar-refractivity contribution is 6.08. The molecule has 0 spiro atoms. The molecule has 3 aromatic carbocycles. The molecule has 0 aliphatic rings. The van der Waals surface area contributed by atoms with E-state index < -0.39 is 0 Å². The zero-order valence-electron chi connectivity index (χ0n) is 16.1. The van der Waals surface area contributed by atoms with Crippen molar-refractivity contribution in [1.82, 2.24) is 9.78 Å². The van der Waals surface area contributed by atoms with Gasteiger partial charge in [0.2, 0.25) is 0 Å². The van der Waals surface area contributed by atoms with Crippen molar-refractivity contribution in [2.75, 3.05) is 12.4 Å². The molecule has 1 amide bonds. The largest absolute Gasteiger partial charge is 0.497 e. The van der Waals surface area contributed by atoms with Gasteiger partial charge < -0.3 is 10.1 Å². The maximum atomic E-state index is 13.0. The Morgan fingerprint density at radius 1 is 0.931 bits per heavy atom. The first-order valence-electron chi connectivity index (χ1n) is 9.35. The Kier molecular flexibility index (Phi) is 5.38. The van der Waals surface area contributed by atoms with Gasteiger partial charge in [-0.15, -0.1) is 0 Å². The number of aromatic nitrogens is 2. The van der Waals surface area contributed by atoms with Crippen LogP contribution in [0.2, 0.25) is 0 Å². The van der Waals surface area contributed by atoms with Gasteiger partial charge in [-0.3, -0.25) is 9.48 Å². The normalized spacial score (nSPS) is 10.5. The van der Waals surface area contributed by atoms with Crippen LogP contribution in [0.1, 0.15) is 15.9 Å². The van der Waals surface area contributed by atoms with Crippen molar-refractivity contribution in [3.63, 3.8) is 0 Å². The van der Waals surface area contributed by atoms with E-state index in [0.29, 0.717) is 17.8 Å². The molecule has 0 saturated heterocycles. The molecule has 1 N–H and O–H groups in total. The molecule has 0 aliphatic heterocycles. The first kappa shape index (κ1) is 18.5. The molecule has 0 saturated carbocycles. The monoisotopic (exact) mass is 383 g/mol. The van der Waals surface area contributed by atoms with Crippen LogP contribution in [0.3, 0.4) is 0 Å². The van der Waals surface area contributed by atoms with E-state index in [1.165, 1.54) is 0 Å². The standard InChI is InChI=1S/C24H21N3O2/c1-29-21-14-12-19(13-15-21)23-22(24(28)25-20-10-6-3-7-11-20)17-27(26-23)16-18-8-4-2-5-9-18/h2-15,17H,16H2,1H3,(H,25,28). The number of hydrogen-bond donors (Lipinski definition) is 1. The Hall–Kier alpha value is -3.86.